The minimum atomic E-state index is 1.19. The van der Waals surface area contributed by atoms with E-state index in [1.165, 1.54) is 38.0 Å². The van der Waals surface area contributed by atoms with E-state index >= 15 is 0 Å². The molecule has 1 aliphatic heterocycles. The SMILES string of the molecule is C=C/C(=C\C=C/C)N1CCCCC1. The van der Waals surface area contributed by atoms with Gasteiger partial charge < -0.3 is 4.90 Å². The van der Waals surface area contributed by atoms with Crippen LogP contribution in [0.25, 0.3) is 0 Å². The third-order valence-corrected chi connectivity index (χ3v) is 2.39. The van der Waals surface area contributed by atoms with Gasteiger partial charge in [0, 0.05) is 18.8 Å². The molecule has 1 aliphatic rings. The van der Waals surface area contributed by atoms with E-state index in [4.69, 9.17) is 0 Å². The van der Waals surface area contributed by atoms with Crippen LogP contribution in [0.15, 0.2) is 36.6 Å². The van der Waals surface area contributed by atoms with Gasteiger partial charge >= 0.3 is 0 Å². The first kappa shape index (κ1) is 10.1. The predicted octanol–water partition coefficient (Wildman–Crippen LogP) is 3.12. The summed E-state index contributed by atoms with van der Waals surface area (Å²) in [5, 5.41) is 0. The Labute approximate surface area is 81.4 Å². The lowest BCUT2D eigenvalue weighted by Gasteiger charge is -2.29. The van der Waals surface area contributed by atoms with Crippen LogP contribution >= 0.6 is 0 Å². The zero-order chi connectivity index (χ0) is 9.52. The van der Waals surface area contributed by atoms with Crippen molar-refractivity contribution in [3.8, 4) is 0 Å². The minimum Gasteiger partial charge on any atom is -0.372 e. The van der Waals surface area contributed by atoms with Crippen molar-refractivity contribution in [2.24, 2.45) is 0 Å². The Kier molecular flexibility index (Phi) is 4.37. The molecule has 1 nitrogen and oxygen atoms in total. The van der Waals surface area contributed by atoms with Crippen molar-refractivity contribution >= 4 is 0 Å². The molecule has 0 bridgehead atoms. The van der Waals surface area contributed by atoms with Crippen LogP contribution in [0, 0.1) is 0 Å². The van der Waals surface area contributed by atoms with Crippen LogP contribution in [-0.2, 0) is 0 Å². The fraction of sp³-hybridized carbons (Fsp3) is 0.500. The molecule has 0 spiro atoms. The normalized spacial score (nSPS) is 19.5. The van der Waals surface area contributed by atoms with Crippen molar-refractivity contribution in [3.05, 3.63) is 36.6 Å². The second kappa shape index (κ2) is 5.63. The van der Waals surface area contributed by atoms with Crippen LogP contribution < -0.4 is 0 Å². The molecule has 0 aromatic heterocycles. The molecule has 13 heavy (non-hydrogen) atoms. The Bertz CT molecular complexity index is 207. The first-order valence-corrected chi connectivity index (χ1v) is 5.09. The lowest BCUT2D eigenvalue weighted by Crippen LogP contribution is -2.28. The highest BCUT2D eigenvalue weighted by Crippen LogP contribution is 2.15. The Morgan fingerprint density at radius 2 is 1.92 bits per heavy atom. The average Bonchev–Trinajstić information content (AvgIpc) is 2.21. The summed E-state index contributed by atoms with van der Waals surface area (Å²) in [6.07, 6.45) is 12.2. The highest BCUT2D eigenvalue weighted by Gasteiger charge is 2.09. The quantitative estimate of drug-likeness (QED) is 0.599. The van der Waals surface area contributed by atoms with E-state index in [2.05, 4.69) is 23.6 Å². The number of allylic oxidation sites excluding steroid dienone is 4. The number of hydrogen-bond acceptors (Lipinski definition) is 1. The van der Waals surface area contributed by atoms with E-state index in [0.717, 1.165) is 0 Å². The molecule has 0 N–H and O–H groups in total. The molecule has 0 aliphatic carbocycles. The van der Waals surface area contributed by atoms with E-state index in [9.17, 15) is 0 Å². The average molecular weight is 177 g/mol. The van der Waals surface area contributed by atoms with Gasteiger partial charge in [0.25, 0.3) is 0 Å². The molecule has 1 saturated heterocycles. The summed E-state index contributed by atoms with van der Waals surface area (Å²) in [4.78, 5) is 2.41. The lowest BCUT2D eigenvalue weighted by molar-refractivity contribution is 0.293. The van der Waals surface area contributed by atoms with Gasteiger partial charge in [-0.2, -0.15) is 0 Å². The van der Waals surface area contributed by atoms with Crippen molar-refractivity contribution in [2.75, 3.05) is 13.1 Å². The zero-order valence-electron chi connectivity index (χ0n) is 8.50. The number of likely N-dealkylation sites (tertiary alicyclic amines) is 1. The molecule has 1 fully saturated rings. The zero-order valence-corrected chi connectivity index (χ0v) is 8.50. The lowest BCUT2D eigenvalue weighted by atomic mass is 10.1. The smallest absolute Gasteiger partial charge is 0.0360 e. The molecule has 72 valence electrons. The molecule has 0 radical (unpaired) electrons. The summed E-state index contributed by atoms with van der Waals surface area (Å²) in [6.45, 7) is 8.26. The third-order valence-electron chi connectivity index (χ3n) is 2.39. The second-order valence-corrected chi connectivity index (χ2v) is 3.37. The number of hydrogen-bond donors (Lipinski definition) is 0. The van der Waals surface area contributed by atoms with E-state index < -0.39 is 0 Å². The van der Waals surface area contributed by atoms with E-state index in [-0.39, 0.29) is 0 Å². The van der Waals surface area contributed by atoms with Gasteiger partial charge in [0.1, 0.15) is 0 Å². The molecular formula is C12H19N. The minimum absolute atomic E-state index is 1.19. The molecule has 1 heteroatoms. The van der Waals surface area contributed by atoms with E-state index in [0.29, 0.717) is 0 Å². The summed E-state index contributed by atoms with van der Waals surface area (Å²) in [5.41, 5.74) is 1.26. The molecule has 0 atom stereocenters. The second-order valence-electron chi connectivity index (χ2n) is 3.37. The molecule has 0 aromatic rings. The fourth-order valence-corrected chi connectivity index (χ4v) is 1.65. The number of rotatable bonds is 3. The molecular weight excluding hydrogens is 158 g/mol. The van der Waals surface area contributed by atoms with E-state index in [1.54, 1.807) is 0 Å². The maximum absolute atomic E-state index is 3.85. The van der Waals surface area contributed by atoms with Gasteiger partial charge in [-0.25, -0.2) is 0 Å². The highest BCUT2D eigenvalue weighted by atomic mass is 15.1. The van der Waals surface area contributed by atoms with Gasteiger partial charge in [0.2, 0.25) is 0 Å². The van der Waals surface area contributed by atoms with Crippen LogP contribution in [0.4, 0.5) is 0 Å². The summed E-state index contributed by atoms with van der Waals surface area (Å²) < 4.78 is 0. The Morgan fingerprint density at radius 1 is 1.23 bits per heavy atom. The first-order valence-electron chi connectivity index (χ1n) is 5.09. The molecule has 1 heterocycles. The fourth-order valence-electron chi connectivity index (χ4n) is 1.65. The van der Waals surface area contributed by atoms with Crippen LogP contribution in [-0.4, -0.2) is 18.0 Å². The van der Waals surface area contributed by atoms with Crippen LogP contribution in [0.2, 0.25) is 0 Å². The van der Waals surface area contributed by atoms with Crippen LogP contribution in [0.5, 0.6) is 0 Å². The highest BCUT2D eigenvalue weighted by molar-refractivity contribution is 5.21. The summed E-state index contributed by atoms with van der Waals surface area (Å²) >= 11 is 0. The largest absolute Gasteiger partial charge is 0.372 e. The molecule has 0 unspecified atom stereocenters. The van der Waals surface area contributed by atoms with Crippen molar-refractivity contribution in [2.45, 2.75) is 26.2 Å². The molecule has 0 saturated carbocycles. The standard InChI is InChI=1S/C12H19N/c1-3-5-9-12(4-2)13-10-7-6-8-11-13/h3-5,9H,2,6-8,10-11H2,1H3/b5-3-,12-9+. The maximum Gasteiger partial charge on any atom is 0.0360 e. The summed E-state index contributed by atoms with van der Waals surface area (Å²) in [5.74, 6) is 0. The predicted molar refractivity (Wildman–Crippen MR) is 58.5 cm³/mol. The summed E-state index contributed by atoms with van der Waals surface area (Å²) in [7, 11) is 0. The maximum atomic E-state index is 3.85. The Balaban J connectivity index is 2.58. The van der Waals surface area contributed by atoms with Gasteiger partial charge in [0.15, 0.2) is 0 Å². The van der Waals surface area contributed by atoms with Crippen LogP contribution in [0.3, 0.4) is 0 Å². The van der Waals surface area contributed by atoms with Crippen LogP contribution in [0.1, 0.15) is 26.2 Å². The number of piperidine rings is 1. The molecule has 0 aromatic carbocycles. The van der Waals surface area contributed by atoms with Gasteiger partial charge in [0.05, 0.1) is 0 Å². The molecule has 1 rings (SSSR count). The third kappa shape index (κ3) is 3.10. The van der Waals surface area contributed by atoms with Crippen molar-refractivity contribution in [3.63, 3.8) is 0 Å². The van der Waals surface area contributed by atoms with E-state index in [1.807, 2.05) is 19.1 Å². The number of nitrogens with zero attached hydrogens (tertiary/aromatic N) is 1. The van der Waals surface area contributed by atoms with Gasteiger partial charge in [-0.3, -0.25) is 0 Å². The first-order chi connectivity index (χ1) is 6.38. The van der Waals surface area contributed by atoms with Crippen molar-refractivity contribution in [1.82, 2.24) is 4.90 Å². The Morgan fingerprint density at radius 3 is 2.46 bits per heavy atom. The topological polar surface area (TPSA) is 3.24 Å². The Hall–Kier alpha value is -0.980. The monoisotopic (exact) mass is 177 g/mol. The van der Waals surface area contributed by atoms with Gasteiger partial charge in [-0.1, -0.05) is 18.7 Å². The summed E-state index contributed by atoms with van der Waals surface area (Å²) in [6, 6.07) is 0. The van der Waals surface area contributed by atoms with Gasteiger partial charge in [-0.15, -0.1) is 0 Å². The van der Waals surface area contributed by atoms with Gasteiger partial charge in [-0.05, 0) is 38.3 Å². The van der Waals surface area contributed by atoms with Crippen molar-refractivity contribution < 1.29 is 0 Å². The van der Waals surface area contributed by atoms with Crippen molar-refractivity contribution in [1.29, 1.82) is 0 Å². The molecule has 0 amide bonds.